The number of nitrogens with zero attached hydrogens (tertiary/aromatic N) is 1. The fourth-order valence-corrected chi connectivity index (χ4v) is 4.32. The number of thiophene rings is 1. The minimum atomic E-state index is 1.09. The van der Waals surface area contributed by atoms with Gasteiger partial charge in [-0.1, -0.05) is 36.9 Å². The first-order valence-corrected chi connectivity index (χ1v) is 8.09. The highest BCUT2D eigenvalue weighted by Crippen LogP contribution is 2.42. The second kappa shape index (κ2) is 4.74. The molecule has 0 fully saturated rings. The fourth-order valence-electron chi connectivity index (χ4n) is 3.15. The highest BCUT2D eigenvalue weighted by Gasteiger charge is 2.21. The van der Waals surface area contributed by atoms with E-state index in [9.17, 15) is 0 Å². The molecule has 0 atom stereocenters. The molecular formula is C19H17NS. The first kappa shape index (κ1) is 12.7. The molecule has 1 aliphatic carbocycles. The molecule has 1 aromatic heterocycles. The lowest BCUT2D eigenvalue weighted by Crippen LogP contribution is -2.15. The molecule has 1 nitrogen and oxygen atoms in total. The highest BCUT2D eigenvalue weighted by atomic mass is 32.1. The topological polar surface area (TPSA) is 3.24 Å². The number of hydrogen-bond donors (Lipinski definition) is 0. The standard InChI is InChI=1S/C19H17NS/c1-13-14-7-3-5-9-17(14)20(2)12-11-16-15-8-4-6-10-18(15)21-19(13)16/h3-4,6-8,10-12H,1,5,9H2,2H3/b12-11-. The van der Waals surface area contributed by atoms with Crippen molar-refractivity contribution in [1.82, 2.24) is 4.90 Å². The Morgan fingerprint density at radius 1 is 1.19 bits per heavy atom. The monoisotopic (exact) mass is 291 g/mol. The van der Waals surface area contributed by atoms with E-state index in [0.29, 0.717) is 0 Å². The predicted octanol–water partition coefficient (Wildman–Crippen LogP) is 5.43. The first-order valence-electron chi connectivity index (χ1n) is 7.27. The van der Waals surface area contributed by atoms with Crippen molar-refractivity contribution < 1.29 is 0 Å². The van der Waals surface area contributed by atoms with Crippen LogP contribution in [0.5, 0.6) is 0 Å². The Balaban J connectivity index is 2.01. The summed E-state index contributed by atoms with van der Waals surface area (Å²) < 4.78 is 1.33. The molecule has 0 spiro atoms. The van der Waals surface area contributed by atoms with E-state index < -0.39 is 0 Å². The van der Waals surface area contributed by atoms with Crippen molar-refractivity contribution in [2.75, 3.05) is 7.05 Å². The molecule has 2 aliphatic rings. The van der Waals surface area contributed by atoms with Crippen LogP contribution < -0.4 is 0 Å². The molecule has 0 saturated heterocycles. The van der Waals surface area contributed by atoms with Gasteiger partial charge in [0, 0.05) is 45.0 Å². The number of benzene rings is 1. The van der Waals surface area contributed by atoms with Crippen LogP contribution in [0.15, 0.2) is 60.5 Å². The Labute approximate surface area is 129 Å². The predicted molar refractivity (Wildman–Crippen MR) is 93.1 cm³/mol. The largest absolute Gasteiger partial charge is 0.354 e. The number of hydrogen-bond acceptors (Lipinski definition) is 2. The molecule has 2 heteroatoms. The lowest BCUT2D eigenvalue weighted by molar-refractivity contribution is 0.535. The molecule has 0 bridgehead atoms. The Kier molecular flexibility index (Phi) is 2.86. The van der Waals surface area contributed by atoms with E-state index in [2.05, 4.69) is 67.2 Å². The molecule has 104 valence electrons. The van der Waals surface area contributed by atoms with E-state index in [-0.39, 0.29) is 0 Å². The molecule has 2 aromatic rings. The van der Waals surface area contributed by atoms with E-state index >= 15 is 0 Å². The summed E-state index contributed by atoms with van der Waals surface area (Å²) >= 11 is 1.85. The van der Waals surface area contributed by atoms with Crippen molar-refractivity contribution in [1.29, 1.82) is 0 Å². The summed E-state index contributed by atoms with van der Waals surface area (Å²) in [5.41, 5.74) is 5.13. The van der Waals surface area contributed by atoms with Crippen LogP contribution in [0.4, 0.5) is 0 Å². The van der Waals surface area contributed by atoms with Gasteiger partial charge in [0.05, 0.1) is 0 Å². The van der Waals surface area contributed by atoms with Crippen molar-refractivity contribution in [2.45, 2.75) is 12.8 Å². The van der Waals surface area contributed by atoms with Crippen molar-refractivity contribution >= 4 is 33.1 Å². The van der Waals surface area contributed by atoms with Crippen molar-refractivity contribution in [3.8, 4) is 0 Å². The van der Waals surface area contributed by atoms with Gasteiger partial charge in [-0.25, -0.2) is 0 Å². The van der Waals surface area contributed by atoms with Crippen molar-refractivity contribution in [2.24, 2.45) is 0 Å². The third-order valence-electron chi connectivity index (χ3n) is 4.27. The van der Waals surface area contributed by atoms with Crippen LogP contribution in [0.25, 0.3) is 21.7 Å². The zero-order valence-electron chi connectivity index (χ0n) is 12.1. The van der Waals surface area contributed by atoms with Crippen LogP contribution in [0, 0.1) is 0 Å². The first-order chi connectivity index (χ1) is 10.3. The van der Waals surface area contributed by atoms with Gasteiger partial charge in [0.15, 0.2) is 0 Å². The fraction of sp³-hybridized carbons (Fsp3) is 0.158. The maximum atomic E-state index is 4.41. The molecular weight excluding hydrogens is 274 g/mol. The van der Waals surface area contributed by atoms with Gasteiger partial charge in [0.2, 0.25) is 0 Å². The second-order valence-corrected chi connectivity index (χ2v) is 6.60. The van der Waals surface area contributed by atoms with E-state index in [4.69, 9.17) is 0 Å². The van der Waals surface area contributed by atoms with E-state index in [0.717, 1.165) is 18.4 Å². The number of fused-ring (bicyclic) bond motifs is 3. The molecule has 2 heterocycles. The van der Waals surface area contributed by atoms with Crippen LogP contribution in [0.1, 0.15) is 23.3 Å². The zero-order valence-corrected chi connectivity index (χ0v) is 12.9. The Bertz CT molecular complexity index is 832. The lowest BCUT2D eigenvalue weighted by Gasteiger charge is -2.26. The number of rotatable bonds is 0. The Hall–Kier alpha value is -2.06. The quantitative estimate of drug-likeness (QED) is 0.625. The van der Waals surface area contributed by atoms with E-state index in [1.807, 2.05) is 11.3 Å². The van der Waals surface area contributed by atoms with E-state index in [1.54, 1.807) is 0 Å². The maximum Gasteiger partial charge on any atom is 0.0429 e. The van der Waals surface area contributed by atoms with Crippen LogP contribution in [-0.4, -0.2) is 11.9 Å². The van der Waals surface area contributed by atoms with Gasteiger partial charge >= 0.3 is 0 Å². The molecule has 0 amide bonds. The third-order valence-corrected chi connectivity index (χ3v) is 5.51. The Morgan fingerprint density at radius 2 is 2.05 bits per heavy atom. The molecule has 21 heavy (non-hydrogen) atoms. The molecule has 0 saturated carbocycles. The van der Waals surface area contributed by atoms with Gasteiger partial charge < -0.3 is 4.90 Å². The van der Waals surface area contributed by atoms with Crippen LogP contribution >= 0.6 is 11.3 Å². The summed E-state index contributed by atoms with van der Waals surface area (Å²) in [5.74, 6) is 0. The van der Waals surface area contributed by atoms with Gasteiger partial charge in [-0.15, -0.1) is 11.3 Å². The summed E-state index contributed by atoms with van der Waals surface area (Å²) in [7, 11) is 2.14. The highest BCUT2D eigenvalue weighted by molar-refractivity contribution is 7.20. The molecule has 1 aliphatic heterocycles. The molecule has 1 aromatic carbocycles. The smallest absolute Gasteiger partial charge is 0.0429 e. The lowest BCUT2D eigenvalue weighted by atomic mass is 9.93. The maximum absolute atomic E-state index is 4.41. The second-order valence-electron chi connectivity index (χ2n) is 5.55. The van der Waals surface area contributed by atoms with Gasteiger partial charge in [0.1, 0.15) is 0 Å². The summed E-state index contributed by atoms with van der Waals surface area (Å²) in [5, 5.41) is 1.33. The SMILES string of the molecule is C=C1C2=C(CCC=C2)N(C)/C=C\c2c1sc1ccccc21. The minimum absolute atomic E-state index is 1.09. The average molecular weight is 291 g/mol. The van der Waals surface area contributed by atoms with Gasteiger partial charge in [-0.05, 0) is 30.6 Å². The van der Waals surface area contributed by atoms with E-state index in [1.165, 1.54) is 31.8 Å². The summed E-state index contributed by atoms with van der Waals surface area (Å²) in [6, 6.07) is 8.62. The van der Waals surface area contributed by atoms with Crippen molar-refractivity contribution in [3.63, 3.8) is 0 Å². The molecule has 0 unspecified atom stereocenters. The number of allylic oxidation sites excluding steroid dienone is 5. The minimum Gasteiger partial charge on any atom is -0.354 e. The molecule has 4 rings (SSSR count). The summed E-state index contributed by atoms with van der Waals surface area (Å²) in [4.78, 5) is 3.55. The summed E-state index contributed by atoms with van der Waals surface area (Å²) in [6.45, 7) is 4.41. The van der Waals surface area contributed by atoms with Crippen LogP contribution in [0.2, 0.25) is 0 Å². The average Bonchev–Trinajstić information content (AvgIpc) is 2.89. The van der Waals surface area contributed by atoms with Gasteiger partial charge in [-0.3, -0.25) is 0 Å². The molecule has 0 N–H and O–H groups in total. The van der Waals surface area contributed by atoms with Crippen molar-refractivity contribution in [3.05, 3.63) is 70.9 Å². The Morgan fingerprint density at radius 3 is 2.95 bits per heavy atom. The van der Waals surface area contributed by atoms with Gasteiger partial charge in [0.25, 0.3) is 0 Å². The molecule has 0 radical (unpaired) electrons. The van der Waals surface area contributed by atoms with Gasteiger partial charge in [-0.2, -0.15) is 0 Å². The zero-order chi connectivity index (χ0) is 14.4. The third kappa shape index (κ3) is 1.90. The normalized spacial score (nSPS) is 19.3. The summed E-state index contributed by atoms with van der Waals surface area (Å²) in [6.07, 6.45) is 11.1. The van der Waals surface area contributed by atoms with Crippen LogP contribution in [0.3, 0.4) is 0 Å². The van der Waals surface area contributed by atoms with Crippen LogP contribution in [-0.2, 0) is 0 Å².